The van der Waals surface area contributed by atoms with E-state index in [1.54, 1.807) is 6.08 Å². The third kappa shape index (κ3) is 6.27. The minimum absolute atomic E-state index is 0.0939. The van der Waals surface area contributed by atoms with E-state index in [2.05, 4.69) is 11.9 Å². The van der Waals surface area contributed by atoms with Gasteiger partial charge in [0.15, 0.2) is 5.69 Å². The number of carboxylic acids is 2. The average molecular weight is 438 g/mol. The highest BCUT2D eigenvalue weighted by Gasteiger charge is 2.23. The molecule has 0 aliphatic rings. The SMILES string of the molecule is C=CC.NC(CNC(=O)c1ccc(-c2ccn(S(N)(=O)=O)c2C(=O)O)cc1)C(=O)O. The van der Waals surface area contributed by atoms with Crippen molar-refractivity contribution in [1.29, 1.82) is 0 Å². The lowest BCUT2D eigenvalue weighted by atomic mass is 10.0. The van der Waals surface area contributed by atoms with E-state index < -0.39 is 39.8 Å². The summed E-state index contributed by atoms with van der Waals surface area (Å²) in [4.78, 5) is 34.0. The number of aromatic nitrogens is 1. The Labute approximate surface area is 172 Å². The third-order valence-electron chi connectivity index (χ3n) is 3.59. The predicted octanol–water partition coefficient (Wildman–Crippen LogP) is 0.239. The molecule has 0 saturated carbocycles. The zero-order chi connectivity index (χ0) is 23.1. The van der Waals surface area contributed by atoms with Crippen LogP contribution in [0.5, 0.6) is 0 Å². The van der Waals surface area contributed by atoms with Gasteiger partial charge in [0.25, 0.3) is 5.91 Å². The van der Waals surface area contributed by atoms with E-state index in [1.165, 1.54) is 30.3 Å². The molecular formula is C18H22N4O7S. The van der Waals surface area contributed by atoms with Gasteiger partial charge in [-0.05, 0) is 30.7 Å². The van der Waals surface area contributed by atoms with E-state index in [-0.39, 0.29) is 17.7 Å². The Kier molecular flexibility index (Phi) is 8.46. The van der Waals surface area contributed by atoms with Crippen molar-refractivity contribution in [3.8, 4) is 11.1 Å². The van der Waals surface area contributed by atoms with Crippen LogP contribution in [0.3, 0.4) is 0 Å². The van der Waals surface area contributed by atoms with Gasteiger partial charge in [0.2, 0.25) is 0 Å². The number of nitrogens with one attached hydrogen (secondary N) is 1. The zero-order valence-corrected chi connectivity index (χ0v) is 16.8. The highest BCUT2D eigenvalue weighted by Crippen LogP contribution is 2.26. The summed E-state index contributed by atoms with van der Waals surface area (Å²) in [6.07, 6.45) is 2.77. The largest absolute Gasteiger partial charge is 0.480 e. The normalized spacial score (nSPS) is 11.6. The van der Waals surface area contributed by atoms with Gasteiger partial charge in [-0.1, -0.05) is 18.2 Å². The monoisotopic (exact) mass is 438 g/mol. The molecule has 2 rings (SSSR count). The summed E-state index contributed by atoms with van der Waals surface area (Å²) in [5.74, 6) is -3.32. The van der Waals surface area contributed by atoms with Crippen LogP contribution in [0.2, 0.25) is 0 Å². The molecule has 1 atom stereocenters. The zero-order valence-electron chi connectivity index (χ0n) is 16.0. The van der Waals surface area contributed by atoms with Gasteiger partial charge < -0.3 is 21.3 Å². The number of hydrogen-bond acceptors (Lipinski definition) is 6. The van der Waals surface area contributed by atoms with Crippen LogP contribution in [-0.2, 0) is 15.0 Å². The first kappa shape index (κ1) is 24.6. The van der Waals surface area contributed by atoms with E-state index in [1.807, 2.05) is 6.92 Å². The molecule has 11 nitrogen and oxygen atoms in total. The van der Waals surface area contributed by atoms with Crippen LogP contribution in [0.4, 0.5) is 0 Å². The number of carbonyl (C=O) groups is 3. The highest BCUT2D eigenvalue weighted by atomic mass is 32.2. The van der Waals surface area contributed by atoms with Gasteiger partial charge in [0.05, 0.1) is 0 Å². The number of carboxylic acid groups (broad SMARTS) is 2. The van der Waals surface area contributed by atoms with Gasteiger partial charge in [0, 0.05) is 23.9 Å². The number of nitrogens with two attached hydrogens (primary N) is 2. The number of allylic oxidation sites excluding steroid dienone is 1. The molecule has 1 amide bonds. The molecule has 162 valence electrons. The standard InChI is InChI=1S/C15H16N4O7S.C3H6/c16-11(14(21)22)7-18-13(20)9-3-1-8(2-4-9)10-5-6-19(27(17,25)26)12(10)15(23)24;1-3-2/h1-6,11H,7,16H2,(H,18,20)(H,21,22)(H,23,24)(H2,17,25,26);3H,1H2,2H3. The Morgan fingerprint density at radius 2 is 1.73 bits per heavy atom. The van der Waals surface area contributed by atoms with E-state index in [0.29, 0.717) is 9.54 Å². The summed E-state index contributed by atoms with van der Waals surface area (Å²) in [6.45, 7) is 4.98. The molecule has 0 fully saturated rings. The minimum atomic E-state index is -4.30. The third-order valence-corrected chi connectivity index (χ3v) is 4.44. The molecule has 1 heterocycles. The fourth-order valence-electron chi connectivity index (χ4n) is 2.26. The number of rotatable bonds is 7. The van der Waals surface area contributed by atoms with Gasteiger partial charge in [-0.2, -0.15) is 8.42 Å². The Morgan fingerprint density at radius 1 is 1.20 bits per heavy atom. The van der Waals surface area contributed by atoms with Gasteiger partial charge in [-0.3, -0.25) is 9.59 Å². The summed E-state index contributed by atoms with van der Waals surface area (Å²) < 4.78 is 23.4. The molecule has 0 aliphatic heterocycles. The molecule has 0 spiro atoms. The molecule has 1 aromatic carbocycles. The summed E-state index contributed by atoms with van der Waals surface area (Å²) in [7, 11) is -4.30. The molecule has 0 saturated heterocycles. The number of nitrogens with zero attached hydrogens (tertiary/aromatic N) is 1. The predicted molar refractivity (Wildman–Crippen MR) is 109 cm³/mol. The molecule has 1 unspecified atom stereocenters. The maximum atomic E-state index is 12.0. The van der Waals surface area contributed by atoms with Crippen LogP contribution >= 0.6 is 0 Å². The lowest BCUT2D eigenvalue weighted by Crippen LogP contribution is -2.42. The fraction of sp³-hybridized carbons (Fsp3) is 0.167. The molecular weight excluding hydrogens is 416 g/mol. The van der Waals surface area contributed by atoms with Gasteiger partial charge in [-0.25, -0.2) is 13.9 Å². The van der Waals surface area contributed by atoms with Crippen LogP contribution < -0.4 is 16.2 Å². The van der Waals surface area contributed by atoms with Crippen molar-refractivity contribution in [2.45, 2.75) is 13.0 Å². The quantitative estimate of drug-likeness (QED) is 0.379. The van der Waals surface area contributed by atoms with E-state index in [9.17, 15) is 27.9 Å². The van der Waals surface area contributed by atoms with Crippen LogP contribution in [-0.4, -0.2) is 53.0 Å². The first-order valence-corrected chi connectivity index (χ1v) is 9.86. The molecule has 1 aromatic heterocycles. The van der Waals surface area contributed by atoms with Gasteiger partial charge in [-0.15, -0.1) is 6.58 Å². The summed E-state index contributed by atoms with van der Waals surface area (Å²) in [6, 6.07) is 5.61. The lowest BCUT2D eigenvalue weighted by Gasteiger charge is -2.09. The smallest absolute Gasteiger partial charge is 0.354 e. The van der Waals surface area contributed by atoms with Crippen molar-refractivity contribution in [3.05, 3.63) is 60.4 Å². The van der Waals surface area contributed by atoms with Crippen molar-refractivity contribution < 1.29 is 33.0 Å². The summed E-state index contributed by atoms with van der Waals surface area (Å²) >= 11 is 0. The van der Waals surface area contributed by atoms with Gasteiger partial charge >= 0.3 is 22.1 Å². The number of aliphatic carboxylic acids is 1. The molecule has 30 heavy (non-hydrogen) atoms. The van der Waals surface area contributed by atoms with E-state index in [0.717, 1.165) is 6.20 Å². The highest BCUT2D eigenvalue weighted by molar-refractivity contribution is 7.87. The number of carbonyl (C=O) groups excluding carboxylic acids is 1. The van der Waals surface area contributed by atoms with Crippen molar-refractivity contribution in [1.82, 2.24) is 9.29 Å². The van der Waals surface area contributed by atoms with Crippen molar-refractivity contribution in [2.24, 2.45) is 10.9 Å². The topological polar surface area (TPSA) is 195 Å². The maximum Gasteiger partial charge on any atom is 0.354 e. The van der Waals surface area contributed by atoms with Crippen molar-refractivity contribution >= 4 is 28.1 Å². The van der Waals surface area contributed by atoms with E-state index >= 15 is 0 Å². The van der Waals surface area contributed by atoms with Crippen LogP contribution in [0, 0.1) is 0 Å². The Morgan fingerprint density at radius 3 is 2.17 bits per heavy atom. The first-order valence-electron chi connectivity index (χ1n) is 8.36. The maximum absolute atomic E-state index is 12.0. The number of aromatic carboxylic acids is 1. The van der Waals surface area contributed by atoms with Crippen molar-refractivity contribution in [2.75, 3.05) is 6.54 Å². The second-order valence-electron chi connectivity index (χ2n) is 5.86. The number of amides is 1. The fourth-order valence-corrected chi connectivity index (χ4v) is 2.92. The van der Waals surface area contributed by atoms with Crippen LogP contribution in [0.15, 0.2) is 49.2 Å². The Hall–Kier alpha value is -3.48. The van der Waals surface area contributed by atoms with Crippen LogP contribution in [0.1, 0.15) is 27.8 Å². The lowest BCUT2D eigenvalue weighted by molar-refractivity contribution is -0.138. The number of benzene rings is 1. The first-order chi connectivity index (χ1) is 13.9. The summed E-state index contributed by atoms with van der Waals surface area (Å²) in [5, 5.41) is 25.3. The second kappa shape index (κ2) is 10.3. The Bertz CT molecular complexity index is 1040. The Balaban J connectivity index is 0.00000141. The molecule has 12 heteroatoms. The molecule has 7 N–H and O–H groups in total. The molecule has 2 aromatic rings. The average Bonchev–Trinajstić information content (AvgIpc) is 3.12. The number of hydrogen-bond donors (Lipinski definition) is 5. The van der Waals surface area contributed by atoms with E-state index in [4.69, 9.17) is 16.0 Å². The molecule has 0 aliphatic carbocycles. The van der Waals surface area contributed by atoms with Gasteiger partial charge in [0.1, 0.15) is 6.04 Å². The van der Waals surface area contributed by atoms with Crippen LogP contribution in [0.25, 0.3) is 11.1 Å². The van der Waals surface area contributed by atoms with Crippen molar-refractivity contribution in [3.63, 3.8) is 0 Å². The summed E-state index contributed by atoms with van der Waals surface area (Å²) in [5.41, 5.74) is 5.37. The molecule has 0 bridgehead atoms. The molecule has 0 radical (unpaired) electrons. The minimum Gasteiger partial charge on any atom is -0.480 e. The second-order valence-corrected chi connectivity index (χ2v) is 7.29.